The van der Waals surface area contributed by atoms with Gasteiger partial charge in [0.25, 0.3) is 0 Å². The molecule has 0 aromatic carbocycles. The third-order valence-electron chi connectivity index (χ3n) is 3.84. The van der Waals surface area contributed by atoms with Crippen LogP contribution >= 0.6 is 0 Å². The number of nitrogens with zero attached hydrogens (tertiary/aromatic N) is 1. The van der Waals surface area contributed by atoms with Gasteiger partial charge in [0, 0.05) is 19.2 Å². The first-order chi connectivity index (χ1) is 8.03. The first-order valence-corrected chi connectivity index (χ1v) is 8.11. The molecule has 0 aromatic rings. The zero-order chi connectivity index (χ0) is 12.5. The molecule has 0 spiro atoms. The van der Waals surface area contributed by atoms with Crippen LogP contribution in [0.3, 0.4) is 0 Å². The van der Waals surface area contributed by atoms with Crippen molar-refractivity contribution in [3.63, 3.8) is 0 Å². The maximum absolute atomic E-state index is 11.5. The molecule has 1 heterocycles. The van der Waals surface area contributed by atoms with E-state index in [0.29, 0.717) is 19.0 Å². The fourth-order valence-electron chi connectivity index (χ4n) is 2.72. The molecule has 0 radical (unpaired) electrons. The molecule has 1 aliphatic heterocycles. The van der Waals surface area contributed by atoms with Gasteiger partial charge in [-0.2, -0.15) is 0 Å². The van der Waals surface area contributed by atoms with E-state index < -0.39 is 15.9 Å². The van der Waals surface area contributed by atoms with Crippen molar-refractivity contribution in [3.05, 3.63) is 0 Å². The largest absolute Gasteiger partial charge is 0.396 e. The molecule has 2 unspecified atom stereocenters. The molecular formula is C11H21NO4S. The minimum absolute atomic E-state index is 0.0656. The summed E-state index contributed by atoms with van der Waals surface area (Å²) in [6.45, 7) is 0.789. The van der Waals surface area contributed by atoms with Gasteiger partial charge in [-0.25, -0.2) is 8.42 Å². The van der Waals surface area contributed by atoms with Crippen molar-refractivity contribution in [1.82, 2.24) is 4.90 Å². The molecule has 2 fully saturated rings. The number of aliphatic hydroxyl groups is 2. The summed E-state index contributed by atoms with van der Waals surface area (Å²) in [6.07, 6.45) is 3.21. The van der Waals surface area contributed by atoms with Gasteiger partial charge in [-0.3, -0.25) is 4.90 Å². The molecule has 2 rings (SSSR count). The predicted molar refractivity (Wildman–Crippen MR) is 64.5 cm³/mol. The molecule has 2 atom stereocenters. The second-order valence-corrected chi connectivity index (χ2v) is 7.27. The van der Waals surface area contributed by atoms with Gasteiger partial charge in [0.2, 0.25) is 0 Å². The van der Waals surface area contributed by atoms with Crippen molar-refractivity contribution in [3.8, 4) is 0 Å². The van der Waals surface area contributed by atoms with Crippen LogP contribution in [0.15, 0.2) is 0 Å². The highest BCUT2D eigenvalue weighted by molar-refractivity contribution is 7.91. The van der Waals surface area contributed by atoms with Gasteiger partial charge in [0.05, 0.1) is 23.7 Å². The first kappa shape index (κ1) is 13.3. The smallest absolute Gasteiger partial charge is 0.154 e. The van der Waals surface area contributed by atoms with Crippen molar-refractivity contribution in [2.24, 2.45) is 0 Å². The third kappa shape index (κ3) is 2.99. The Morgan fingerprint density at radius 1 is 1.24 bits per heavy atom. The summed E-state index contributed by atoms with van der Waals surface area (Å²) in [5.41, 5.74) is 0. The molecule has 5 nitrogen and oxygen atoms in total. The summed E-state index contributed by atoms with van der Waals surface area (Å²) in [5.74, 6) is -0.0455. The number of hydrogen-bond acceptors (Lipinski definition) is 5. The van der Waals surface area contributed by atoms with E-state index in [1.807, 2.05) is 0 Å². The Morgan fingerprint density at radius 2 is 1.94 bits per heavy atom. The van der Waals surface area contributed by atoms with Gasteiger partial charge in [-0.05, 0) is 19.3 Å². The molecule has 0 amide bonds. The quantitative estimate of drug-likeness (QED) is 0.691. The fraction of sp³-hybridized carbons (Fsp3) is 1.00. The van der Waals surface area contributed by atoms with E-state index >= 15 is 0 Å². The third-order valence-corrected chi connectivity index (χ3v) is 5.54. The topological polar surface area (TPSA) is 77.8 Å². The lowest BCUT2D eigenvalue weighted by atomic mass is 9.89. The molecule has 2 N–H and O–H groups in total. The van der Waals surface area contributed by atoms with Crippen LogP contribution in [-0.4, -0.2) is 66.4 Å². The second-order valence-electron chi connectivity index (χ2n) is 5.11. The molecule has 0 aromatic heterocycles. The summed E-state index contributed by atoms with van der Waals surface area (Å²) in [6, 6.07) is 0.131. The van der Waals surface area contributed by atoms with Crippen LogP contribution in [-0.2, 0) is 9.84 Å². The van der Waals surface area contributed by atoms with E-state index in [1.165, 1.54) is 6.42 Å². The number of aliphatic hydroxyl groups excluding tert-OH is 2. The summed E-state index contributed by atoms with van der Waals surface area (Å²) >= 11 is 0. The summed E-state index contributed by atoms with van der Waals surface area (Å²) in [7, 11) is -3.09. The highest BCUT2D eigenvalue weighted by Gasteiger charge is 2.42. The van der Waals surface area contributed by atoms with Crippen LogP contribution in [0.1, 0.15) is 25.7 Å². The van der Waals surface area contributed by atoms with Crippen molar-refractivity contribution < 1.29 is 18.6 Å². The molecule has 0 bridgehead atoms. The lowest BCUT2D eigenvalue weighted by Gasteiger charge is -2.42. The molecule has 6 heteroatoms. The van der Waals surface area contributed by atoms with Crippen molar-refractivity contribution in [2.75, 3.05) is 24.7 Å². The lowest BCUT2D eigenvalue weighted by Crippen LogP contribution is -2.51. The Morgan fingerprint density at radius 3 is 2.35 bits per heavy atom. The normalized spacial score (nSPS) is 32.9. The molecular weight excluding hydrogens is 242 g/mol. The average molecular weight is 263 g/mol. The molecule has 1 aliphatic carbocycles. The molecule has 17 heavy (non-hydrogen) atoms. The van der Waals surface area contributed by atoms with Gasteiger partial charge in [-0.15, -0.1) is 0 Å². The summed E-state index contributed by atoms with van der Waals surface area (Å²) in [4.78, 5) is 2.11. The predicted octanol–water partition coefficient (Wildman–Crippen LogP) is -0.619. The second kappa shape index (κ2) is 5.22. The van der Waals surface area contributed by atoms with Crippen LogP contribution in [0.2, 0.25) is 0 Å². The van der Waals surface area contributed by atoms with Gasteiger partial charge < -0.3 is 10.2 Å². The Hall–Kier alpha value is -0.170. The Balaban J connectivity index is 2.04. The highest BCUT2D eigenvalue weighted by Crippen LogP contribution is 2.30. The number of hydrogen-bond donors (Lipinski definition) is 2. The van der Waals surface area contributed by atoms with Gasteiger partial charge in [0.15, 0.2) is 9.84 Å². The van der Waals surface area contributed by atoms with Crippen molar-refractivity contribution in [2.45, 2.75) is 43.9 Å². The monoisotopic (exact) mass is 263 g/mol. The minimum atomic E-state index is -3.09. The van der Waals surface area contributed by atoms with Crippen LogP contribution in [0, 0.1) is 0 Å². The maximum atomic E-state index is 11.5. The zero-order valence-corrected chi connectivity index (χ0v) is 10.8. The van der Waals surface area contributed by atoms with Gasteiger partial charge >= 0.3 is 0 Å². The van der Waals surface area contributed by atoms with Crippen molar-refractivity contribution >= 4 is 9.84 Å². The van der Waals surface area contributed by atoms with E-state index in [4.69, 9.17) is 5.11 Å². The lowest BCUT2D eigenvalue weighted by molar-refractivity contribution is 0.0227. The maximum Gasteiger partial charge on any atom is 0.154 e. The van der Waals surface area contributed by atoms with E-state index in [0.717, 1.165) is 12.8 Å². The van der Waals surface area contributed by atoms with Crippen LogP contribution < -0.4 is 0 Å². The van der Waals surface area contributed by atoms with E-state index in [-0.39, 0.29) is 24.2 Å². The number of sulfone groups is 1. The Bertz CT molecular complexity index is 352. The molecule has 1 saturated carbocycles. The average Bonchev–Trinajstić information content (AvgIpc) is 2.43. The van der Waals surface area contributed by atoms with Crippen LogP contribution in [0.25, 0.3) is 0 Å². The Kier molecular flexibility index (Phi) is 4.07. The molecule has 1 saturated heterocycles. The van der Waals surface area contributed by atoms with E-state index in [2.05, 4.69) is 4.90 Å². The number of rotatable bonds is 5. The standard InChI is InChI=1S/C11H21NO4S/c13-6-2-5-12(9-3-1-4-9)10-7-17(15,16)8-11(10)14/h9-11,13-14H,1-8H2. The molecule has 100 valence electrons. The van der Waals surface area contributed by atoms with Crippen LogP contribution in [0.4, 0.5) is 0 Å². The van der Waals surface area contributed by atoms with Crippen LogP contribution in [0.5, 0.6) is 0 Å². The van der Waals surface area contributed by atoms with E-state index in [1.54, 1.807) is 0 Å². The first-order valence-electron chi connectivity index (χ1n) is 6.28. The van der Waals surface area contributed by atoms with Gasteiger partial charge in [-0.1, -0.05) is 6.42 Å². The minimum Gasteiger partial charge on any atom is -0.396 e. The van der Waals surface area contributed by atoms with Gasteiger partial charge in [0.1, 0.15) is 0 Å². The Labute approximate surface area is 102 Å². The highest BCUT2D eigenvalue weighted by atomic mass is 32.2. The summed E-state index contributed by atoms with van der Waals surface area (Å²) < 4.78 is 23.0. The summed E-state index contributed by atoms with van der Waals surface area (Å²) in [5, 5.41) is 18.8. The SMILES string of the molecule is O=S1(=O)CC(O)C(N(CCCO)C2CCC2)C1. The van der Waals surface area contributed by atoms with Crippen molar-refractivity contribution in [1.29, 1.82) is 0 Å². The fourth-order valence-corrected chi connectivity index (χ4v) is 4.53. The van der Waals surface area contributed by atoms with E-state index in [9.17, 15) is 13.5 Å². The zero-order valence-electron chi connectivity index (χ0n) is 9.96. The molecule has 2 aliphatic rings.